The van der Waals surface area contributed by atoms with E-state index in [2.05, 4.69) is 23.9 Å². The number of carbonyl (C=O) groups is 4. The number of amides is 1. The molecule has 0 aromatic rings. The van der Waals surface area contributed by atoms with Gasteiger partial charge in [-0.25, -0.2) is 4.79 Å². The van der Waals surface area contributed by atoms with Gasteiger partial charge in [-0.1, -0.05) is 82.7 Å². The van der Waals surface area contributed by atoms with Gasteiger partial charge in [-0.2, -0.15) is 0 Å². The highest BCUT2D eigenvalue weighted by molar-refractivity contribution is 5.88. The van der Waals surface area contributed by atoms with Crippen LogP contribution in [-0.2, 0) is 33.4 Å². The van der Waals surface area contributed by atoms with E-state index in [1.807, 2.05) is 13.8 Å². The zero-order valence-electron chi connectivity index (χ0n) is 41.7. The van der Waals surface area contributed by atoms with Crippen molar-refractivity contribution in [1.29, 1.82) is 0 Å². The van der Waals surface area contributed by atoms with Gasteiger partial charge in [0, 0.05) is 38.9 Å². The number of esters is 3. The fourth-order valence-corrected chi connectivity index (χ4v) is 6.33. The van der Waals surface area contributed by atoms with Crippen LogP contribution in [0.5, 0.6) is 0 Å². The normalized spacial score (nSPS) is 36.9. The predicted molar refractivity (Wildman–Crippen MR) is 169 cm³/mol. The van der Waals surface area contributed by atoms with E-state index in [-0.39, 0.29) is 41.7 Å². The molecular weight excluding hydrogens is 572 g/mol. The van der Waals surface area contributed by atoms with Crippen molar-refractivity contribution >= 4 is 36.2 Å². The third kappa shape index (κ3) is 8.05. The summed E-state index contributed by atoms with van der Waals surface area (Å²) in [6.07, 6.45) is 0. The second-order valence-corrected chi connectivity index (χ2v) is 13.3. The Hall–Kier alpha value is -1.87. The van der Waals surface area contributed by atoms with Crippen LogP contribution >= 0.6 is 12.4 Å². The first-order valence-corrected chi connectivity index (χ1v) is 14.0. The van der Waals surface area contributed by atoms with Crippen LogP contribution in [0, 0.1) is 57.2 Å². The van der Waals surface area contributed by atoms with E-state index in [4.69, 9.17) is 30.0 Å². The Balaban J connectivity index is 0.000000460. The molecule has 0 bridgehead atoms. The predicted octanol–water partition coefficient (Wildman–Crippen LogP) is 4.99. The van der Waals surface area contributed by atoms with E-state index in [0.717, 1.165) is 27.5 Å². The van der Waals surface area contributed by atoms with Gasteiger partial charge in [0.1, 0.15) is 12.1 Å². The number of likely N-dealkylation sites (tertiary alicyclic amines) is 1. The molecule has 4 rings (SSSR count). The van der Waals surface area contributed by atoms with E-state index in [1.165, 1.54) is 26.0 Å². The summed E-state index contributed by atoms with van der Waals surface area (Å²) >= 11 is 0. The van der Waals surface area contributed by atoms with Gasteiger partial charge in [0.05, 0.1) is 27.2 Å². The van der Waals surface area contributed by atoms with Gasteiger partial charge >= 0.3 is 17.9 Å². The molecule has 2 unspecified atom stereocenters. The lowest BCUT2D eigenvalue weighted by molar-refractivity contribution is -0.155. The van der Waals surface area contributed by atoms with Gasteiger partial charge < -0.3 is 24.4 Å². The molecule has 0 aromatic heterocycles. The number of halogens is 1. The van der Waals surface area contributed by atoms with Crippen LogP contribution in [0.2, 0.25) is 0 Å². The third-order valence-corrected chi connectivity index (χ3v) is 9.89. The monoisotopic (exact) mass is 645 g/mol. The summed E-state index contributed by atoms with van der Waals surface area (Å²) in [6, 6.07) is -0.845. The minimum absolute atomic E-state index is 0. The Kier molecular flexibility index (Phi) is 6.67. The molecule has 1 amide bonds. The second kappa shape index (κ2) is 13.6. The lowest BCUT2D eigenvalue weighted by atomic mass is 9.81. The Labute approximate surface area is 287 Å². The van der Waals surface area contributed by atoms with Gasteiger partial charge in [-0.3, -0.25) is 14.4 Å². The highest BCUT2D eigenvalue weighted by Gasteiger charge is 2.70. The number of methoxy groups -OCH3 is 3. The molecule has 0 spiro atoms. The standard InChI is InChI=1S/C16H27NO3.C9H15NO2.C8H16O2.ClH/c1-9(15(2,3)4)13(18)17-8-10-11(16(10,5)6)12(17)14(19)20-7;1-9(2)5-4-10-7(6(5)9)8(11)12-3;1-6(7(9)10-5)8(2,3)4;/h9-12H,8H2,1-7H3;5-7,10H,4H2,1-3H3;6H,1-5H3;1H/t9-,10+,11+,12?;5-,6-,7?;6-;/m101./s1/i2D3,3D3;;2D3,3D3,4D3;. The van der Waals surface area contributed by atoms with Crippen molar-refractivity contribution in [3.05, 3.63) is 0 Å². The minimum atomic E-state index is -3.39. The molecule has 4 aliphatic rings. The zero-order valence-corrected chi connectivity index (χ0v) is 27.6. The molecule has 1 N–H and O–H groups in total. The minimum Gasteiger partial charge on any atom is -0.469 e. The molecule has 4 fully saturated rings. The van der Waals surface area contributed by atoms with Crippen molar-refractivity contribution in [2.24, 2.45) is 57.2 Å². The molecule has 9 nitrogen and oxygen atoms in total. The number of carbonyl (C=O) groups excluding carboxylic acids is 4. The van der Waals surface area contributed by atoms with Crippen LogP contribution in [0.3, 0.4) is 0 Å². The summed E-state index contributed by atoms with van der Waals surface area (Å²) < 4.78 is 126. The average molecular weight is 646 g/mol. The molecule has 250 valence electrons. The van der Waals surface area contributed by atoms with Gasteiger partial charge in [0.25, 0.3) is 0 Å². The maximum absolute atomic E-state index is 13.1. The van der Waals surface area contributed by atoms with Gasteiger partial charge in [0.2, 0.25) is 5.91 Å². The van der Waals surface area contributed by atoms with Crippen LogP contribution in [0.15, 0.2) is 0 Å². The van der Waals surface area contributed by atoms with E-state index in [1.54, 1.807) is 0 Å². The van der Waals surface area contributed by atoms with E-state index >= 15 is 0 Å². The van der Waals surface area contributed by atoms with E-state index in [0.29, 0.717) is 23.8 Å². The maximum Gasteiger partial charge on any atom is 0.328 e. The average Bonchev–Trinajstić information content (AvgIpc) is 3.52. The number of nitrogens with zero attached hydrogens (tertiary/aromatic N) is 1. The van der Waals surface area contributed by atoms with Crippen LogP contribution in [0.4, 0.5) is 0 Å². The van der Waals surface area contributed by atoms with Crippen molar-refractivity contribution < 1.29 is 54.0 Å². The highest BCUT2D eigenvalue weighted by Crippen LogP contribution is 2.65. The number of hydrogen-bond acceptors (Lipinski definition) is 8. The molecule has 2 saturated carbocycles. The lowest BCUT2D eigenvalue weighted by Gasteiger charge is -2.35. The van der Waals surface area contributed by atoms with Crippen LogP contribution < -0.4 is 5.32 Å². The molecule has 10 heteroatoms. The van der Waals surface area contributed by atoms with Crippen LogP contribution in [0.25, 0.3) is 0 Å². The Morgan fingerprint density at radius 2 is 1.33 bits per heavy atom. The number of rotatable bonds is 4. The molecule has 2 saturated heterocycles. The van der Waals surface area contributed by atoms with Crippen molar-refractivity contribution in [2.45, 2.75) is 94.8 Å². The fourth-order valence-electron chi connectivity index (χ4n) is 6.33. The molecule has 43 heavy (non-hydrogen) atoms. The van der Waals surface area contributed by atoms with Crippen molar-refractivity contribution in [3.63, 3.8) is 0 Å². The Bertz CT molecular complexity index is 1480. The number of hydrogen-bond donors (Lipinski definition) is 1. The quantitative estimate of drug-likeness (QED) is 0.336. The van der Waals surface area contributed by atoms with Crippen molar-refractivity contribution in [2.75, 3.05) is 34.4 Å². The van der Waals surface area contributed by atoms with Crippen LogP contribution in [0.1, 0.15) is 103 Å². The molecule has 0 radical (unpaired) electrons. The smallest absolute Gasteiger partial charge is 0.328 e. The van der Waals surface area contributed by atoms with Gasteiger partial charge in [0.15, 0.2) is 0 Å². The molecule has 2 aliphatic heterocycles. The van der Waals surface area contributed by atoms with Crippen molar-refractivity contribution in [1.82, 2.24) is 10.2 Å². The van der Waals surface area contributed by atoms with Gasteiger partial charge in [-0.05, 0) is 46.0 Å². The Morgan fingerprint density at radius 3 is 1.74 bits per heavy atom. The Morgan fingerprint density at radius 1 is 0.814 bits per heavy atom. The van der Waals surface area contributed by atoms with E-state index in [9.17, 15) is 19.2 Å². The maximum atomic E-state index is 13.1. The summed E-state index contributed by atoms with van der Waals surface area (Å²) in [5.74, 6) is -4.37. The fraction of sp³-hybridized carbons (Fsp3) is 0.879. The van der Waals surface area contributed by atoms with E-state index < -0.39 is 80.8 Å². The molecule has 2 aliphatic carbocycles. The SMILES string of the molecule is COC(=O)C1NC[C@H]2[C@@H]1C2(C)C.Cl.[2H]C([2H])([2H])C(C)([C@H](C)C(=O)N1C[C@H]2[C@@H](C1C(=O)OC)C2(C)C)C([2H])([2H])[2H].[2H]C([2H])([2H])C([C@H](C)C(=O)OC)(C([2H])([2H])[2H])C([2H])([2H])[2H]. The number of piperidine rings is 2. The second-order valence-electron chi connectivity index (χ2n) is 13.3. The first kappa shape index (κ1) is 21.0. The lowest BCUT2D eigenvalue weighted by Crippen LogP contribution is -2.49. The molecule has 2 heterocycles. The van der Waals surface area contributed by atoms with Crippen molar-refractivity contribution in [3.8, 4) is 0 Å². The number of ether oxygens (including phenoxy) is 3. The largest absolute Gasteiger partial charge is 0.469 e. The molecule has 0 aromatic carbocycles. The zero-order chi connectivity index (χ0) is 45.2. The number of fused-ring (bicyclic) bond motifs is 2. The summed E-state index contributed by atoms with van der Waals surface area (Å²) in [4.78, 5) is 49.5. The highest BCUT2D eigenvalue weighted by atomic mass is 35.5. The third-order valence-electron chi connectivity index (χ3n) is 9.89. The summed E-state index contributed by atoms with van der Waals surface area (Å²) in [5.41, 5.74) is -5.15. The summed E-state index contributed by atoms with van der Waals surface area (Å²) in [5, 5.41) is 3.19. The first-order chi connectivity index (χ1) is 25.3. The first-order valence-electron chi connectivity index (χ1n) is 21.5. The summed E-state index contributed by atoms with van der Waals surface area (Å²) in [6.45, 7) is -2.80. The molecule has 8 atom stereocenters. The molecular formula is C33H59ClN2O7. The van der Waals surface area contributed by atoms with Crippen LogP contribution in [-0.4, -0.2) is 75.2 Å². The van der Waals surface area contributed by atoms with Gasteiger partial charge in [-0.15, -0.1) is 12.4 Å². The topological polar surface area (TPSA) is 111 Å². The number of nitrogens with one attached hydrogen (secondary N) is 1. The summed E-state index contributed by atoms with van der Waals surface area (Å²) in [7, 11) is 3.63.